The van der Waals surface area contributed by atoms with Crippen LogP contribution in [0.1, 0.15) is 51.4 Å². The lowest BCUT2D eigenvalue weighted by Gasteiger charge is -2.66. The summed E-state index contributed by atoms with van der Waals surface area (Å²) in [6.45, 7) is 1.57. The van der Waals surface area contributed by atoms with Gasteiger partial charge in [-0.2, -0.15) is 0 Å². The summed E-state index contributed by atoms with van der Waals surface area (Å²) in [5.41, 5.74) is -2.78. The number of unbranched alkanes of at least 4 members (excludes halogenated alkanes) is 2. The lowest BCUT2D eigenvalue weighted by atomic mass is 9.59. The van der Waals surface area contributed by atoms with Gasteiger partial charge in [0.1, 0.15) is 11.2 Å². The van der Waals surface area contributed by atoms with Crippen molar-refractivity contribution in [2.75, 3.05) is 19.8 Å². The van der Waals surface area contributed by atoms with E-state index in [4.69, 9.17) is 19.3 Å². The molecule has 0 radical (unpaired) electrons. The van der Waals surface area contributed by atoms with Gasteiger partial charge in [-0.3, -0.25) is 4.79 Å². The van der Waals surface area contributed by atoms with Crippen molar-refractivity contribution in [2.45, 2.75) is 68.2 Å². The second kappa shape index (κ2) is 6.03. The van der Waals surface area contributed by atoms with E-state index in [0.717, 1.165) is 19.3 Å². The van der Waals surface area contributed by atoms with Crippen LogP contribution < -0.4 is 0 Å². The van der Waals surface area contributed by atoms with Crippen LogP contribution in [-0.4, -0.2) is 58.8 Å². The van der Waals surface area contributed by atoms with Crippen molar-refractivity contribution in [3.8, 4) is 0 Å². The van der Waals surface area contributed by atoms with Crippen molar-refractivity contribution in [3.63, 3.8) is 0 Å². The van der Waals surface area contributed by atoms with Gasteiger partial charge in [0, 0.05) is 25.7 Å². The summed E-state index contributed by atoms with van der Waals surface area (Å²) < 4.78 is 17.3. The van der Waals surface area contributed by atoms with Crippen LogP contribution in [0.5, 0.6) is 0 Å². The predicted molar refractivity (Wildman–Crippen MR) is 78.3 cm³/mol. The highest BCUT2D eigenvalue weighted by Crippen LogP contribution is 2.58. The number of aliphatic carboxylic acids is 2. The van der Waals surface area contributed by atoms with Gasteiger partial charge in [0.25, 0.3) is 0 Å². The minimum atomic E-state index is -1.28. The van der Waals surface area contributed by atoms with Gasteiger partial charge in [0.2, 0.25) is 0 Å². The van der Waals surface area contributed by atoms with Gasteiger partial charge >= 0.3 is 11.9 Å². The largest absolute Gasteiger partial charge is 0.481 e. The minimum Gasteiger partial charge on any atom is -0.481 e. The zero-order valence-electron chi connectivity index (χ0n) is 13.2. The van der Waals surface area contributed by atoms with Gasteiger partial charge in [0.15, 0.2) is 5.60 Å². The molecule has 3 fully saturated rings. The molecular formula is C16H24O7. The molecule has 0 bridgehead atoms. The van der Waals surface area contributed by atoms with Crippen LogP contribution in [0.3, 0.4) is 0 Å². The number of carboxylic acids is 2. The Morgan fingerprint density at radius 1 is 0.870 bits per heavy atom. The second-order valence-corrected chi connectivity index (χ2v) is 6.70. The number of carbonyl (C=O) groups is 2. The fraction of sp³-hybridized carbons (Fsp3) is 0.875. The number of carboxylic acid groups (broad SMARTS) is 2. The Bertz CT molecular complexity index is 475. The molecule has 3 aliphatic rings. The van der Waals surface area contributed by atoms with Gasteiger partial charge in [-0.1, -0.05) is 12.8 Å². The Morgan fingerprint density at radius 2 is 1.48 bits per heavy atom. The zero-order chi connectivity index (χ0) is 16.6. The maximum Gasteiger partial charge on any atom is 0.339 e. The molecule has 0 aromatic carbocycles. The van der Waals surface area contributed by atoms with E-state index in [2.05, 4.69) is 0 Å². The maximum absolute atomic E-state index is 11.9. The van der Waals surface area contributed by atoms with E-state index in [1.807, 2.05) is 0 Å². The molecule has 3 atom stereocenters. The summed E-state index contributed by atoms with van der Waals surface area (Å²) in [6, 6.07) is 0. The topological polar surface area (TPSA) is 102 Å². The molecule has 0 aliphatic carbocycles. The highest BCUT2D eigenvalue weighted by Gasteiger charge is 2.75. The average molecular weight is 328 g/mol. The van der Waals surface area contributed by atoms with Gasteiger partial charge in [-0.25, -0.2) is 4.79 Å². The van der Waals surface area contributed by atoms with E-state index in [-0.39, 0.29) is 6.42 Å². The van der Waals surface area contributed by atoms with E-state index < -0.39 is 28.7 Å². The predicted octanol–water partition coefficient (Wildman–Crippen LogP) is 1.58. The summed E-state index contributed by atoms with van der Waals surface area (Å²) in [4.78, 5) is 22.4. The fourth-order valence-corrected chi connectivity index (χ4v) is 4.25. The Kier molecular flexibility index (Phi) is 4.37. The Balaban J connectivity index is 1.68. The summed E-state index contributed by atoms with van der Waals surface area (Å²) in [7, 11) is 0. The number of rotatable bonds is 9. The van der Waals surface area contributed by atoms with Crippen LogP contribution in [0, 0.1) is 0 Å². The second-order valence-electron chi connectivity index (χ2n) is 6.70. The molecule has 0 aromatic rings. The van der Waals surface area contributed by atoms with Crippen LogP contribution in [0.2, 0.25) is 0 Å². The minimum absolute atomic E-state index is 0.164. The van der Waals surface area contributed by atoms with Crippen molar-refractivity contribution in [3.05, 3.63) is 0 Å². The molecule has 3 saturated heterocycles. The Morgan fingerprint density at radius 3 is 1.83 bits per heavy atom. The van der Waals surface area contributed by atoms with Crippen LogP contribution in [0.25, 0.3) is 0 Å². The van der Waals surface area contributed by atoms with Crippen molar-refractivity contribution >= 4 is 11.9 Å². The average Bonchev–Trinajstić information content (AvgIpc) is 2.33. The third-order valence-corrected chi connectivity index (χ3v) is 5.69. The zero-order valence-corrected chi connectivity index (χ0v) is 13.2. The molecular weight excluding hydrogens is 304 g/mol. The molecule has 0 aromatic heterocycles. The molecule has 130 valence electrons. The lowest BCUT2D eigenvalue weighted by molar-refractivity contribution is -0.388. The Labute approximate surface area is 134 Å². The highest BCUT2D eigenvalue weighted by molar-refractivity contribution is 5.81. The van der Waals surface area contributed by atoms with Gasteiger partial charge in [-0.05, 0) is 12.8 Å². The van der Waals surface area contributed by atoms with Gasteiger partial charge < -0.3 is 24.4 Å². The van der Waals surface area contributed by atoms with E-state index in [9.17, 15) is 14.7 Å². The number of hydrogen-bond acceptors (Lipinski definition) is 5. The summed E-state index contributed by atoms with van der Waals surface area (Å²) in [6.07, 6.45) is 4.91. The third kappa shape index (κ3) is 2.37. The molecule has 7 nitrogen and oxygen atoms in total. The SMILES string of the molecule is O=C(O)CCCCCC1(C2(C3(C(=O)O)CCO3)CCO2)CCO1. The molecule has 0 amide bonds. The van der Waals surface area contributed by atoms with Crippen molar-refractivity contribution in [1.29, 1.82) is 0 Å². The number of hydrogen-bond donors (Lipinski definition) is 2. The van der Waals surface area contributed by atoms with Crippen LogP contribution in [0.15, 0.2) is 0 Å². The van der Waals surface area contributed by atoms with E-state index in [1.54, 1.807) is 0 Å². The summed E-state index contributed by atoms with van der Waals surface area (Å²) >= 11 is 0. The quantitative estimate of drug-likeness (QED) is 0.619. The molecule has 0 spiro atoms. The molecule has 3 heterocycles. The smallest absolute Gasteiger partial charge is 0.339 e. The van der Waals surface area contributed by atoms with Crippen LogP contribution in [-0.2, 0) is 23.8 Å². The first-order valence-electron chi connectivity index (χ1n) is 8.35. The van der Waals surface area contributed by atoms with E-state index in [0.29, 0.717) is 45.5 Å². The molecule has 0 saturated carbocycles. The van der Waals surface area contributed by atoms with Crippen molar-refractivity contribution in [2.24, 2.45) is 0 Å². The lowest BCUT2D eigenvalue weighted by Crippen LogP contribution is -2.82. The first kappa shape index (κ1) is 16.7. The van der Waals surface area contributed by atoms with Crippen LogP contribution >= 0.6 is 0 Å². The fourth-order valence-electron chi connectivity index (χ4n) is 4.25. The van der Waals surface area contributed by atoms with Crippen molar-refractivity contribution in [1.82, 2.24) is 0 Å². The van der Waals surface area contributed by atoms with Crippen molar-refractivity contribution < 1.29 is 34.0 Å². The van der Waals surface area contributed by atoms with Crippen LogP contribution in [0.4, 0.5) is 0 Å². The first-order chi connectivity index (χ1) is 11.0. The molecule has 3 unspecified atom stereocenters. The summed E-state index contributed by atoms with van der Waals surface area (Å²) in [5, 5.41) is 18.4. The molecule has 2 N–H and O–H groups in total. The highest BCUT2D eigenvalue weighted by atomic mass is 16.6. The van der Waals surface area contributed by atoms with E-state index in [1.165, 1.54) is 0 Å². The molecule has 7 heteroatoms. The van der Waals surface area contributed by atoms with Gasteiger partial charge in [-0.15, -0.1) is 0 Å². The van der Waals surface area contributed by atoms with E-state index >= 15 is 0 Å². The number of ether oxygens (including phenoxy) is 3. The monoisotopic (exact) mass is 328 g/mol. The molecule has 23 heavy (non-hydrogen) atoms. The normalized spacial score (nSPS) is 39.0. The molecule has 3 aliphatic heterocycles. The summed E-state index contributed by atoms with van der Waals surface area (Å²) in [5.74, 6) is -1.75. The maximum atomic E-state index is 11.9. The standard InChI is InChI=1S/C16H24O7/c17-12(18)4-2-1-3-5-14(6-9-21-14)16(8-11-23-16)15(13(19)20)7-10-22-15/h1-11H2,(H,17,18)(H,19,20). The Hall–Kier alpha value is -1.18. The van der Waals surface area contributed by atoms with Gasteiger partial charge in [0.05, 0.1) is 19.8 Å². The molecule has 3 rings (SSSR count). The third-order valence-electron chi connectivity index (χ3n) is 5.69. The first-order valence-corrected chi connectivity index (χ1v) is 8.35.